The summed E-state index contributed by atoms with van der Waals surface area (Å²) < 4.78 is 0. The summed E-state index contributed by atoms with van der Waals surface area (Å²) in [5, 5.41) is 9.04. The highest BCUT2D eigenvalue weighted by molar-refractivity contribution is 5.81. The van der Waals surface area contributed by atoms with Crippen LogP contribution in [-0.2, 0) is 4.79 Å². The van der Waals surface area contributed by atoms with Crippen molar-refractivity contribution in [2.75, 3.05) is 65.5 Å². The van der Waals surface area contributed by atoms with E-state index >= 15 is 0 Å². The quantitative estimate of drug-likeness (QED) is 0.769. The van der Waals surface area contributed by atoms with E-state index in [2.05, 4.69) is 26.5 Å². The maximum Gasteiger partial charge on any atom is 0.239 e. The highest BCUT2D eigenvalue weighted by Crippen LogP contribution is 2.20. The van der Waals surface area contributed by atoms with Crippen molar-refractivity contribution in [2.45, 2.75) is 44.7 Å². The van der Waals surface area contributed by atoms with Crippen LogP contribution in [0.4, 0.5) is 0 Å². The average Bonchev–Trinajstić information content (AvgIpc) is 3.16. The number of piperazine rings is 1. The Morgan fingerprint density at radius 3 is 2.21 bits per heavy atom. The van der Waals surface area contributed by atoms with Gasteiger partial charge in [0.05, 0.1) is 12.6 Å². The van der Waals surface area contributed by atoms with Crippen molar-refractivity contribution in [1.82, 2.24) is 19.6 Å². The molecule has 138 valence electrons. The molecule has 3 saturated heterocycles. The van der Waals surface area contributed by atoms with E-state index in [1.54, 1.807) is 0 Å². The number of nitrogens with zero attached hydrogens (tertiary/aromatic N) is 4. The molecular formula is C18H34N4O2. The first-order chi connectivity index (χ1) is 11.7. The van der Waals surface area contributed by atoms with Gasteiger partial charge in [-0.1, -0.05) is 0 Å². The van der Waals surface area contributed by atoms with Crippen molar-refractivity contribution >= 4 is 5.91 Å². The van der Waals surface area contributed by atoms with Gasteiger partial charge in [0.15, 0.2) is 0 Å². The zero-order chi connectivity index (χ0) is 16.9. The van der Waals surface area contributed by atoms with Gasteiger partial charge >= 0.3 is 0 Å². The SMILES string of the molecule is C[C@@H](C(=O)N1CCC(N2CCN(CCO)CC2)CC1)N1CCCC1. The molecule has 3 aliphatic rings. The van der Waals surface area contributed by atoms with Crippen molar-refractivity contribution in [3.05, 3.63) is 0 Å². The Hall–Kier alpha value is -0.690. The molecule has 0 aromatic rings. The molecule has 0 aromatic heterocycles. The average molecular weight is 338 g/mol. The molecule has 6 nitrogen and oxygen atoms in total. The highest BCUT2D eigenvalue weighted by atomic mass is 16.3. The topological polar surface area (TPSA) is 50.3 Å². The molecule has 1 amide bonds. The van der Waals surface area contributed by atoms with E-state index in [9.17, 15) is 4.79 Å². The zero-order valence-electron chi connectivity index (χ0n) is 15.2. The summed E-state index contributed by atoms with van der Waals surface area (Å²) in [6, 6.07) is 0.693. The van der Waals surface area contributed by atoms with Gasteiger partial charge in [-0.05, 0) is 45.7 Å². The monoisotopic (exact) mass is 338 g/mol. The number of carbonyl (C=O) groups excluding carboxylic acids is 1. The van der Waals surface area contributed by atoms with Crippen molar-refractivity contribution < 1.29 is 9.90 Å². The van der Waals surface area contributed by atoms with Crippen molar-refractivity contribution in [2.24, 2.45) is 0 Å². The molecule has 0 aliphatic carbocycles. The van der Waals surface area contributed by atoms with Crippen LogP contribution in [0.2, 0.25) is 0 Å². The molecule has 3 fully saturated rings. The van der Waals surface area contributed by atoms with E-state index in [4.69, 9.17) is 5.11 Å². The molecule has 3 heterocycles. The van der Waals surface area contributed by atoms with Crippen LogP contribution in [0.15, 0.2) is 0 Å². The predicted octanol–water partition coefficient (Wildman–Crippen LogP) is 0.0716. The van der Waals surface area contributed by atoms with Crippen molar-refractivity contribution in [3.8, 4) is 0 Å². The maximum atomic E-state index is 12.7. The second kappa shape index (κ2) is 8.61. The van der Waals surface area contributed by atoms with Gasteiger partial charge in [0.1, 0.15) is 0 Å². The van der Waals surface area contributed by atoms with Gasteiger partial charge in [-0.3, -0.25) is 19.5 Å². The van der Waals surface area contributed by atoms with Crippen LogP contribution in [0.5, 0.6) is 0 Å². The lowest BCUT2D eigenvalue weighted by Gasteiger charge is -2.43. The number of aliphatic hydroxyl groups excluding tert-OH is 1. The predicted molar refractivity (Wildman–Crippen MR) is 95.0 cm³/mol. The summed E-state index contributed by atoms with van der Waals surface area (Å²) in [7, 11) is 0. The van der Waals surface area contributed by atoms with Crippen LogP contribution >= 0.6 is 0 Å². The number of β-amino-alcohol motifs (C(OH)–C–C–N with tert-alkyl or cyclic N) is 1. The Balaban J connectivity index is 1.41. The lowest BCUT2D eigenvalue weighted by molar-refractivity contribution is -0.137. The normalized spacial score (nSPS) is 26.8. The van der Waals surface area contributed by atoms with Gasteiger partial charge in [-0.25, -0.2) is 0 Å². The largest absolute Gasteiger partial charge is 0.395 e. The van der Waals surface area contributed by atoms with Crippen molar-refractivity contribution in [1.29, 1.82) is 0 Å². The van der Waals surface area contributed by atoms with E-state index < -0.39 is 0 Å². The van der Waals surface area contributed by atoms with E-state index in [1.807, 2.05) is 0 Å². The van der Waals surface area contributed by atoms with Crippen LogP contribution in [0.25, 0.3) is 0 Å². The molecular weight excluding hydrogens is 304 g/mol. The second-order valence-electron chi connectivity index (χ2n) is 7.58. The molecule has 1 atom stereocenters. The summed E-state index contributed by atoms with van der Waals surface area (Å²) in [5.41, 5.74) is 0. The number of aliphatic hydroxyl groups is 1. The molecule has 1 N–H and O–H groups in total. The van der Waals surface area contributed by atoms with Gasteiger partial charge in [0.25, 0.3) is 0 Å². The first kappa shape index (κ1) is 18.1. The fourth-order valence-corrected chi connectivity index (χ4v) is 4.49. The first-order valence-corrected chi connectivity index (χ1v) is 9.79. The zero-order valence-corrected chi connectivity index (χ0v) is 15.2. The van der Waals surface area contributed by atoms with Gasteiger partial charge in [0, 0.05) is 51.9 Å². The number of likely N-dealkylation sites (tertiary alicyclic amines) is 2. The molecule has 3 aliphatic heterocycles. The molecule has 0 aromatic carbocycles. The summed E-state index contributed by atoms with van der Waals surface area (Å²) in [5.74, 6) is 0.336. The molecule has 3 rings (SSSR count). The third kappa shape index (κ3) is 4.28. The van der Waals surface area contributed by atoms with Gasteiger partial charge in [-0.15, -0.1) is 0 Å². The third-order valence-corrected chi connectivity index (χ3v) is 6.16. The summed E-state index contributed by atoms with van der Waals surface area (Å²) in [6.07, 6.45) is 4.70. The number of rotatable bonds is 5. The van der Waals surface area contributed by atoms with Crippen LogP contribution < -0.4 is 0 Å². The minimum atomic E-state index is 0.0612. The van der Waals surface area contributed by atoms with E-state index in [0.29, 0.717) is 11.9 Å². The van der Waals surface area contributed by atoms with E-state index in [-0.39, 0.29) is 12.6 Å². The summed E-state index contributed by atoms with van der Waals surface area (Å²) >= 11 is 0. The molecule has 6 heteroatoms. The second-order valence-corrected chi connectivity index (χ2v) is 7.58. The van der Waals surface area contributed by atoms with Crippen LogP contribution in [0.3, 0.4) is 0 Å². The number of carbonyl (C=O) groups is 1. The Kier molecular flexibility index (Phi) is 6.49. The molecule has 24 heavy (non-hydrogen) atoms. The Morgan fingerprint density at radius 2 is 1.62 bits per heavy atom. The molecule has 0 saturated carbocycles. The van der Waals surface area contributed by atoms with E-state index in [1.165, 1.54) is 12.8 Å². The molecule has 0 radical (unpaired) electrons. The number of hydrogen-bond donors (Lipinski definition) is 1. The minimum absolute atomic E-state index is 0.0612. The lowest BCUT2D eigenvalue weighted by atomic mass is 10.0. The highest BCUT2D eigenvalue weighted by Gasteiger charge is 2.32. The third-order valence-electron chi connectivity index (χ3n) is 6.16. The Bertz CT molecular complexity index is 398. The minimum Gasteiger partial charge on any atom is -0.395 e. The summed E-state index contributed by atoms with van der Waals surface area (Å²) in [4.78, 5) is 22.1. The maximum absolute atomic E-state index is 12.7. The smallest absolute Gasteiger partial charge is 0.239 e. The lowest BCUT2D eigenvalue weighted by Crippen LogP contribution is -2.55. The number of piperidine rings is 1. The standard InChI is InChI=1S/C18H34N4O2/c1-16(20-6-2-3-7-20)18(24)22-8-4-17(5-9-22)21-12-10-19(11-13-21)14-15-23/h16-17,23H,2-15H2,1H3/t16-/m0/s1. The van der Waals surface area contributed by atoms with Crippen LogP contribution in [0, 0.1) is 0 Å². The fourth-order valence-electron chi connectivity index (χ4n) is 4.49. The first-order valence-electron chi connectivity index (χ1n) is 9.79. The molecule has 0 spiro atoms. The van der Waals surface area contributed by atoms with Gasteiger partial charge in [-0.2, -0.15) is 0 Å². The van der Waals surface area contributed by atoms with Crippen LogP contribution in [0.1, 0.15) is 32.6 Å². The Labute approximate surface area is 146 Å². The molecule has 0 bridgehead atoms. The number of amides is 1. The fraction of sp³-hybridized carbons (Fsp3) is 0.944. The summed E-state index contributed by atoms with van der Waals surface area (Å²) in [6.45, 7) is 11.5. The van der Waals surface area contributed by atoms with Gasteiger partial charge in [0.2, 0.25) is 5.91 Å². The Morgan fingerprint density at radius 1 is 1.00 bits per heavy atom. The van der Waals surface area contributed by atoms with Crippen molar-refractivity contribution in [3.63, 3.8) is 0 Å². The van der Waals surface area contributed by atoms with Crippen LogP contribution in [-0.4, -0.2) is 108 Å². The molecule has 0 unspecified atom stereocenters. The van der Waals surface area contributed by atoms with Gasteiger partial charge < -0.3 is 10.0 Å². The number of hydrogen-bond acceptors (Lipinski definition) is 5. The van der Waals surface area contributed by atoms with E-state index in [0.717, 1.165) is 71.7 Å².